The Kier molecular flexibility index (Phi) is 8.62. The van der Waals surface area contributed by atoms with E-state index in [0.717, 1.165) is 30.1 Å². The van der Waals surface area contributed by atoms with Crippen molar-refractivity contribution in [3.63, 3.8) is 0 Å². The Morgan fingerprint density at radius 2 is 1.39 bits per heavy atom. The molecule has 41 heavy (non-hydrogen) atoms. The zero-order chi connectivity index (χ0) is 30.1. The molecule has 1 aliphatic rings. The summed E-state index contributed by atoms with van der Waals surface area (Å²) in [5.74, 6) is -0.827. The number of amides is 3. The van der Waals surface area contributed by atoms with Gasteiger partial charge in [0, 0.05) is 7.05 Å². The fourth-order valence-electron chi connectivity index (χ4n) is 4.18. The Morgan fingerprint density at radius 1 is 0.854 bits per heavy atom. The van der Waals surface area contributed by atoms with Crippen LogP contribution in [0.5, 0.6) is 11.5 Å². The van der Waals surface area contributed by atoms with E-state index in [0.29, 0.717) is 27.8 Å². The zero-order valence-electron chi connectivity index (χ0n) is 21.7. The maximum Gasteiger partial charge on any atom is 0.416 e. The van der Waals surface area contributed by atoms with Crippen LogP contribution in [0, 0.1) is 0 Å². The van der Waals surface area contributed by atoms with Gasteiger partial charge in [-0.1, -0.05) is 65.1 Å². The minimum absolute atomic E-state index is 0.259. The van der Waals surface area contributed by atoms with Crippen molar-refractivity contribution >= 4 is 69.6 Å². The minimum Gasteiger partial charge on any atom is -0.495 e. The van der Waals surface area contributed by atoms with Crippen LogP contribution in [-0.2, 0) is 11.0 Å². The number of likely N-dealkylation sites (N-methyl/N-ethyl adjacent to an activating group) is 1. The van der Waals surface area contributed by atoms with Gasteiger partial charge in [-0.2, -0.15) is 13.2 Å². The molecule has 216 valence electrons. The number of ether oxygens (including phenoxy) is 2. The molecule has 0 bridgehead atoms. The van der Waals surface area contributed by atoms with Crippen molar-refractivity contribution in [2.45, 2.75) is 16.1 Å². The lowest BCUT2D eigenvalue weighted by molar-refractivity contribution is -0.137. The standard InChI is InChI=1S/C27H22Cl3F3N4O4/c1-35-23(38)22(36(25(35)39)17-10-8-9-16(15-17)27(31,32)33)34-24(26(28,29)30)37(18-11-4-6-13-20(18)40-2)19-12-5-7-14-21(19)41-3/h4-15,24H,1-3H3. The van der Waals surface area contributed by atoms with Crippen molar-refractivity contribution in [2.24, 2.45) is 4.99 Å². The zero-order valence-corrected chi connectivity index (χ0v) is 24.0. The van der Waals surface area contributed by atoms with Gasteiger partial charge in [0.05, 0.1) is 36.8 Å². The van der Waals surface area contributed by atoms with E-state index in [1.165, 1.54) is 25.2 Å². The van der Waals surface area contributed by atoms with Crippen molar-refractivity contribution in [1.29, 1.82) is 0 Å². The lowest BCUT2D eigenvalue weighted by atomic mass is 10.2. The van der Waals surface area contributed by atoms with Crippen LogP contribution in [0.25, 0.3) is 0 Å². The number of hydrogen-bond acceptors (Lipinski definition) is 6. The molecule has 3 amide bonds. The maximum atomic E-state index is 13.5. The van der Waals surface area contributed by atoms with Gasteiger partial charge in [-0.05, 0) is 42.5 Å². The number of rotatable bonds is 7. The molecule has 0 N–H and O–H groups in total. The number of urea groups is 1. The Hall–Kier alpha value is -3.67. The van der Waals surface area contributed by atoms with Crippen molar-refractivity contribution in [3.8, 4) is 11.5 Å². The van der Waals surface area contributed by atoms with Crippen LogP contribution in [0.2, 0.25) is 0 Å². The molecular weight excluding hydrogens is 608 g/mol. The number of halogens is 6. The lowest BCUT2D eigenvalue weighted by Gasteiger charge is -2.36. The molecule has 4 rings (SSSR count). The summed E-state index contributed by atoms with van der Waals surface area (Å²) in [6.45, 7) is 0. The van der Waals surface area contributed by atoms with E-state index < -0.39 is 39.5 Å². The third kappa shape index (κ3) is 6.02. The minimum atomic E-state index is -4.71. The highest BCUT2D eigenvalue weighted by Crippen LogP contribution is 2.46. The SMILES string of the molecule is COc1ccccc1N(c1ccccc1OC)C(N=C1C(=O)N(C)C(=O)N1c1cccc(C(F)(F)F)c1)C(Cl)(Cl)Cl. The fourth-order valence-corrected chi connectivity index (χ4v) is 4.62. The predicted octanol–water partition coefficient (Wildman–Crippen LogP) is 7.05. The van der Waals surface area contributed by atoms with Crippen LogP contribution in [0.1, 0.15) is 5.56 Å². The quantitative estimate of drug-likeness (QED) is 0.207. The van der Waals surface area contributed by atoms with Crippen molar-refractivity contribution < 1.29 is 32.2 Å². The number of aliphatic imine (C=N–C) groups is 1. The van der Waals surface area contributed by atoms with E-state index in [4.69, 9.17) is 44.3 Å². The number of hydrogen-bond donors (Lipinski definition) is 0. The number of imide groups is 1. The summed E-state index contributed by atoms with van der Waals surface area (Å²) in [7, 11) is 4.02. The number of benzene rings is 3. The molecule has 1 unspecified atom stereocenters. The summed E-state index contributed by atoms with van der Waals surface area (Å²) in [6, 6.07) is 16.3. The highest BCUT2D eigenvalue weighted by molar-refractivity contribution is 6.68. The van der Waals surface area contributed by atoms with Gasteiger partial charge in [-0.25, -0.2) is 14.7 Å². The number of amidine groups is 1. The molecule has 3 aromatic carbocycles. The molecule has 3 aromatic rings. The highest BCUT2D eigenvalue weighted by atomic mass is 35.6. The molecule has 1 fully saturated rings. The number of anilines is 3. The molecule has 0 saturated carbocycles. The molecule has 0 radical (unpaired) electrons. The second-order valence-electron chi connectivity index (χ2n) is 8.61. The van der Waals surface area contributed by atoms with Gasteiger partial charge in [-0.15, -0.1) is 0 Å². The first-order chi connectivity index (χ1) is 19.3. The molecule has 0 aromatic heterocycles. The summed E-state index contributed by atoms with van der Waals surface area (Å²) < 4.78 is 49.3. The average Bonchev–Trinajstić information content (AvgIpc) is 3.15. The second kappa shape index (κ2) is 11.7. The van der Waals surface area contributed by atoms with Crippen LogP contribution >= 0.6 is 34.8 Å². The van der Waals surface area contributed by atoms with E-state index in [-0.39, 0.29) is 5.69 Å². The van der Waals surface area contributed by atoms with E-state index >= 15 is 0 Å². The Bertz CT molecular complexity index is 1450. The van der Waals surface area contributed by atoms with Gasteiger partial charge >= 0.3 is 12.2 Å². The summed E-state index contributed by atoms with van der Waals surface area (Å²) in [5, 5.41) is 0. The van der Waals surface area contributed by atoms with E-state index in [1.807, 2.05) is 0 Å². The Morgan fingerprint density at radius 3 is 1.88 bits per heavy atom. The van der Waals surface area contributed by atoms with Crippen molar-refractivity contribution in [1.82, 2.24) is 4.90 Å². The largest absolute Gasteiger partial charge is 0.495 e. The third-order valence-electron chi connectivity index (χ3n) is 6.09. The highest BCUT2D eigenvalue weighted by Gasteiger charge is 2.47. The van der Waals surface area contributed by atoms with Gasteiger partial charge in [0.15, 0.2) is 6.17 Å². The number of carbonyl (C=O) groups excluding carboxylic acids is 2. The van der Waals surface area contributed by atoms with Crippen molar-refractivity contribution in [3.05, 3.63) is 78.4 Å². The topological polar surface area (TPSA) is 74.7 Å². The molecule has 1 atom stereocenters. The first-order valence-electron chi connectivity index (χ1n) is 11.8. The van der Waals surface area contributed by atoms with Gasteiger partial charge in [0.2, 0.25) is 9.63 Å². The number of alkyl halides is 6. The summed E-state index contributed by atoms with van der Waals surface area (Å²) >= 11 is 19.5. The van der Waals surface area contributed by atoms with Gasteiger partial charge < -0.3 is 14.4 Å². The van der Waals surface area contributed by atoms with E-state index in [2.05, 4.69) is 4.99 Å². The molecule has 14 heteroatoms. The Labute approximate surface area is 248 Å². The summed E-state index contributed by atoms with van der Waals surface area (Å²) in [5.41, 5.74) is -0.607. The predicted molar refractivity (Wildman–Crippen MR) is 152 cm³/mol. The summed E-state index contributed by atoms with van der Waals surface area (Å²) in [6.07, 6.45) is -6.29. The molecule has 1 heterocycles. The average molecular weight is 630 g/mol. The van der Waals surface area contributed by atoms with Gasteiger partial charge in [0.1, 0.15) is 11.5 Å². The molecule has 0 aliphatic carbocycles. The fraction of sp³-hybridized carbons (Fsp3) is 0.222. The molecule has 0 spiro atoms. The van der Waals surface area contributed by atoms with Gasteiger partial charge in [-0.3, -0.25) is 9.69 Å². The van der Waals surface area contributed by atoms with Crippen LogP contribution in [0.3, 0.4) is 0 Å². The summed E-state index contributed by atoms with van der Waals surface area (Å²) in [4.78, 5) is 33.8. The lowest BCUT2D eigenvalue weighted by Crippen LogP contribution is -2.43. The van der Waals surface area contributed by atoms with Crippen LogP contribution in [-0.4, -0.2) is 53.9 Å². The molecule has 8 nitrogen and oxygen atoms in total. The second-order valence-corrected chi connectivity index (χ2v) is 11.0. The van der Waals surface area contributed by atoms with Gasteiger partial charge in [0.25, 0.3) is 5.91 Å². The van der Waals surface area contributed by atoms with E-state index in [1.54, 1.807) is 48.5 Å². The van der Waals surface area contributed by atoms with Crippen LogP contribution in [0.15, 0.2) is 77.8 Å². The van der Waals surface area contributed by atoms with Crippen LogP contribution < -0.4 is 19.3 Å². The van der Waals surface area contributed by atoms with Crippen LogP contribution in [0.4, 0.5) is 35.0 Å². The number of carbonyl (C=O) groups is 2. The number of para-hydroxylation sites is 4. The molecule has 1 aliphatic heterocycles. The Balaban J connectivity index is 1.99. The van der Waals surface area contributed by atoms with Crippen molar-refractivity contribution in [2.75, 3.05) is 31.1 Å². The normalized spacial score (nSPS) is 15.9. The van der Waals surface area contributed by atoms with E-state index in [9.17, 15) is 22.8 Å². The molecule has 1 saturated heterocycles. The molecular formula is C27H22Cl3F3N4O4. The number of methoxy groups -OCH3 is 2. The third-order valence-corrected chi connectivity index (χ3v) is 6.67. The first-order valence-corrected chi connectivity index (χ1v) is 12.9. The monoisotopic (exact) mass is 628 g/mol. The smallest absolute Gasteiger partial charge is 0.416 e. The maximum absolute atomic E-state index is 13.5. The number of nitrogens with zero attached hydrogens (tertiary/aromatic N) is 4. The first kappa shape index (κ1) is 30.3.